The second-order valence-electron chi connectivity index (χ2n) is 3.71. The predicted octanol–water partition coefficient (Wildman–Crippen LogP) is 1.88. The Morgan fingerprint density at radius 2 is 1.92 bits per heavy atom. The first-order chi connectivity index (χ1) is 6.06. The zero-order chi connectivity index (χ0) is 10.0. The molecular weight excluding hydrogens is 160 g/mol. The highest BCUT2D eigenvalue weighted by molar-refractivity contribution is 5.76. The van der Waals surface area contributed by atoms with E-state index in [0.29, 0.717) is 0 Å². The molecule has 0 atom stereocenters. The quantitative estimate of drug-likeness (QED) is 0.528. The average molecular weight is 179 g/mol. The van der Waals surface area contributed by atoms with Crippen LogP contribution in [0.4, 0.5) is 0 Å². The summed E-state index contributed by atoms with van der Waals surface area (Å²) in [6, 6.07) is 0. The topological polar surface area (TPSA) is 18.8 Å². The van der Waals surface area contributed by atoms with Gasteiger partial charge in [-0.1, -0.05) is 6.92 Å². The number of hydrogen-bond acceptors (Lipinski definition) is 0. The van der Waals surface area contributed by atoms with Crippen LogP contribution in [-0.4, -0.2) is 29.9 Å². The molecule has 1 aromatic heterocycles. The fraction of sp³-hybridized carbons (Fsp3) is 0.545. The van der Waals surface area contributed by atoms with Crippen molar-refractivity contribution in [3.63, 3.8) is 0 Å². The normalized spacial score (nSPS) is 10.2. The maximum Gasteiger partial charge on any atom is 0.186 e. The molecule has 0 bridgehead atoms. The van der Waals surface area contributed by atoms with E-state index in [9.17, 15) is 0 Å². The van der Waals surface area contributed by atoms with Gasteiger partial charge in [-0.05, 0) is 31.4 Å². The number of nitrogens with zero attached hydrogens (tertiary/aromatic N) is 1. The average Bonchev–Trinajstić information content (AvgIpc) is 2.26. The lowest BCUT2D eigenvalue weighted by Crippen LogP contribution is -2.01. The summed E-state index contributed by atoms with van der Waals surface area (Å²) in [5, 5.41) is 0. The second kappa shape index (κ2) is 3.77. The molecule has 0 spiro atoms. The Bertz CT molecular complexity index is 328. The molecule has 0 radical (unpaired) electrons. The van der Waals surface area contributed by atoms with Crippen molar-refractivity contribution in [3.05, 3.63) is 22.5 Å². The Labute approximate surface area is 80.3 Å². The minimum absolute atomic E-state index is 1.11. The maximum atomic E-state index is 3.40. The van der Waals surface area contributed by atoms with Crippen molar-refractivity contribution in [2.75, 3.05) is 14.1 Å². The highest BCUT2D eigenvalue weighted by Gasteiger charge is 2.09. The lowest BCUT2D eigenvalue weighted by Gasteiger charge is -1.94. The number of aryl methyl sites for hydroxylation is 1. The first-order valence-corrected chi connectivity index (χ1v) is 4.75. The van der Waals surface area contributed by atoms with E-state index in [1.165, 1.54) is 22.5 Å². The van der Waals surface area contributed by atoms with Crippen molar-refractivity contribution in [1.29, 1.82) is 0 Å². The number of rotatable bonds is 2. The summed E-state index contributed by atoms with van der Waals surface area (Å²) in [4.78, 5) is 3.40. The van der Waals surface area contributed by atoms with E-state index in [4.69, 9.17) is 0 Å². The van der Waals surface area contributed by atoms with E-state index in [1.807, 2.05) is 14.1 Å². The fourth-order valence-electron chi connectivity index (χ4n) is 1.73. The maximum absolute atomic E-state index is 3.40. The SMILES string of the molecule is CCc1c(C)[nH]c(C=[N+](C)C)c1C. The standard InChI is InChI=1S/C11H18N2/c1-6-10-8(2)11(7-13(4)5)12-9(10)3/h7H,6H2,1-5H3/p+1. The number of nitrogens with one attached hydrogen (secondary N) is 1. The summed E-state index contributed by atoms with van der Waals surface area (Å²) >= 11 is 0. The van der Waals surface area contributed by atoms with Crippen molar-refractivity contribution in [3.8, 4) is 0 Å². The monoisotopic (exact) mass is 179 g/mol. The van der Waals surface area contributed by atoms with Gasteiger partial charge in [0.2, 0.25) is 0 Å². The molecule has 0 unspecified atom stereocenters. The number of aromatic amines is 1. The summed E-state index contributed by atoms with van der Waals surface area (Å²) in [6.07, 6.45) is 3.23. The van der Waals surface area contributed by atoms with Crippen LogP contribution in [-0.2, 0) is 6.42 Å². The number of H-pyrrole nitrogens is 1. The Balaban J connectivity index is 3.18. The molecule has 1 heterocycles. The van der Waals surface area contributed by atoms with Crippen LogP contribution >= 0.6 is 0 Å². The molecule has 0 aliphatic heterocycles. The minimum atomic E-state index is 1.11. The van der Waals surface area contributed by atoms with Crippen molar-refractivity contribution in [2.24, 2.45) is 0 Å². The molecule has 2 heteroatoms. The van der Waals surface area contributed by atoms with Gasteiger partial charge in [0.25, 0.3) is 0 Å². The van der Waals surface area contributed by atoms with Gasteiger partial charge in [0.05, 0.1) is 0 Å². The number of hydrogen-bond donors (Lipinski definition) is 1. The molecule has 13 heavy (non-hydrogen) atoms. The smallest absolute Gasteiger partial charge is 0.186 e. The van der Waals surface area contributed by atoms with Crippen LogP contribution in [0.15, 0.2) is 0 Å². The summed E-state index contributed by atoms with van der Waals surface area (Å²) in [5.41, 5.74) is 5.37. The first-order valence-electron chi connectivity index (χ1n) is 4.75. The van der Waals surface area contributed by atoms with Crippen LogP contribution in [0.2, 0.25) is 0 Å². The fourth-order valence-corrected chi connectivity index (χ4v) is 1.73. The Morgan fingerprint density at radius 3 is 2.31 bits per heavy atom. The molecule has 0 fully saturated rings. The molecule has 0 aliphatic rings. The van der Waals surface area contributed by atoms with Crippen LogP contribution < -0.4 is 0 Å². The summed E-state index contributed by atoms with van der Waals surface area (Å²) < 4.78 is 2.07. The lowest BCUT2D eigenvalue weighted by atomic mass is 10.1. The number of aromatic nitrogens is 1. The van der Waals surface area contributed by atoms with Crippen molar-refractivity contribution >= 4 is 6.21 Å². The van der Waals surface area contributed by atoms with Crippen LogP contribution in [0.25, 0.3) is 0 Å². The Morgan fingerprint density at radius 1 is 1.31 bits per heavy atom. The summed E-state index contributed by atoms with van der Waals surface area (Å²) in [5.74, 6) is 0. The molecule has 0 aliphatic carbocycles. The molecule has 1 N–H and O–H groups in total. The highest BCUT2D eigenvalue weighted by Crippen LogP contribution is 2.16. The largest absolute Gasteiger partial charge is 0.354 e. The van der Waals surface area contributed by atoms with Crippen LogP contribution in [0, 0.1) is 13.8 Å². The van der Waals surface area contributed by atoms with Gasteiger partial charge in [-0.2, -0.15) is 0 Å². The summed E-state index contributed by atoms with van der Waals surface area (Å²) in [7, 11) is 4.09. The third-order valence-electron chi connectivity index (χ3n) is 2.37. The minimum Gasteiger partial charge on any atom is -0.354 e. The molecule has 72 valence electrons. The van der Waals surface area contributed by atoms with Gasteiger partial charge in [0.15, 0.2) is 6.21 Å². The van der Waals surface area contributed by atoms with Crippen LogP contribution in [0.3, 0.4) is 0 Å². The predicted molar refractivity (Wildman–Crippen MR) is 56.9 cm³/mol. The highest BCUT2D eigenvalue weighted by atomic mass is 14.9. The Kier molecular flexibility index (Phi) is 2.91. The zero-order valence-corrected chi connectivity index (χ0v) is 9.23. The van der Waals surface area contributed by atoms with Gasteiger partial charge < -0.3 is 4.98 Å². The third kappa shape index (κ3) is 2.00. The van der Waals surface area contributed by atoms with E-state index in [-0.39, 0.29) is 0 Å². The molecule has 0 aromatic carbocycles. The zero-order valence-electron chi connectivity index (χ0n) is 9.23. The lowest BCUT2D eigenvalue weighted by molar-refractivity contribution is -0.458. The van der Waals surface area contributed by atoms with Gasteiger partial charge in [0, 0.05) is 5.69 Å². The Hall–Kier alpha value is -1.05. The molecule has 0 amide bonds. The van der Waals surface area contributed by atoms with Gasteiger partial charge in [-0.15, -0.1) is 0 Å². The molecule has 0 saturated carbocycles. The molecular formula is C11H19N2+. The van der Waals surface area contributed by atoms with Gasteiger partial charge in [-0.25, -0.2) is 4.58 Å². The van der Waals surface area contributed by atoms with Crippen molar-refractivity contribution in [2.45, 2.75) is 27.2 Å². The van der Waals surface area contributed by atoms with E-state index in [0.717, 1.165) is 6.42 Å². The van der Waals surface area contributed by atoms with E-state index in [1.54, 1.807) is 0 Å². The van der Waals surface area contributed by atoms with E-state index in [2.05, 4.69) is 36.5 Å². The van der Waals surface area contributed by atoms with Gasteiger partial charge >= 0.3 is 0 Å². The molecule has 1 aromatic rings. The first kappa shape index (κ1) is 10.0. The third-order valence-corrected chi connectivity index (χ3v) is 2.37. The molecule has 2 nitrogen and oxygen atoms in total. The van der Waals surface area contributed by atoms with Gasteiger partial charge in [-0.3, -0.25) is 0 Å². The van der Waals surface area contributed by atoms with Crippen molar-refractivity contribution in [1.82, 2.24) is 4.98 Å². The van der Waals surface area contributed by atoms with Gasteiger partial charge in [0.1, 0.15) is 19.8 Å². The van der Waals surface area contributed by atoms with E-state index < -0.39 is 0 Å². The molecule has 0 saturated heterocycles. The van der Waals surface area contributed by atoms with Crippen LogP contribution in [0.5, 0.6) is 0 Å². The summed E-state index contributed by atoms with van der Waals surface area (Å²) in [6.45, 7) is 6.51. The van der Waals surface area contributed by atoms with Crippen LogP contribution in [0.1, 0.15) is 29.4 Å². The van der Waals surface area contributed by atoms with E-state index >= 15 is 0 Å². The van der Waals surface area contributed by atoms with Crippen molar-refractivity contribution < 1.29 is 4.58 Å². The molecule has 1 rings (SSSR count). The second-order valence-corrected chi connectivity index (χ2v) is 3.71.